The zero-order chi connectivity index (χ0) is 15.4. The van der Waals surface area contributed by atoms with Crippen LogP contribution >= 0.6 is 0 Å². The Kier molecular flexibility index (Phi) is 4.18. The van der Waals surface area contributed by atoms with Gasteiger partial charge in [0.15, 0.2) is 0 Å². The van der Waals surface area contributed by atoms with Gasteiger partial charge < -0.3 is 15.7 Å². The zero-order valence-electron chi connectivity index (χ0n) is 11.2. The van der Waals surface area contributed by atoms with E-state index in [-0.39, 0.29) is 5.56 Å². The van der Waals surface area contributed by atoms with Gasteiger partial charge in [-0.3, -0.25) is 0 Å². The standard InChI is InChI=1S/C15H13FN2O3/c1-9-5-6-11(16)8-13(9)18-15(21)17-12-4-2-3-10(7-12)14(19)20/h2-8H,1H3,(H,19,20)(H2,17,18,21). The average molecular weight is 288 g/mol. The van der Waals surface area contributed by atoms with E-state index in [4.69, 9.17) is 5.11 Å². The first-order chi connectivity index (χ1) is 9.95. The molecule has 6 heteroatoms. The van der Waals surface area contributed by atoms with E-state index in [2.05, 4.69) is 10.6 Å². The van der Waals surface area contributed by atoms with Crippen LogP contribution in [0.5, 0.6) is 0 Å². The summed E-state index contributed by atoms with van der Waals surface area (Å²) < 4.78 is 13.1. The van der Waals surface area contributed by atoms with Gasteiger partial charge in [-0.1, -0.05) is 12.1 Å². The van der Waals surface area contributed by atoms with Crippen LogP contribution < -0.4 is 10.6 Å². The minimum Gasteiger partial charge on any atom is -0.478 e. The lowest BCUT2D eigenvalue weighted by molar-refractivity contribution is 0.0697. The van der Waals surface area contributed by atoms with E-state index in [1.807, 2.05) is 0 Å². The molecule has 0 aliphatic heterocycles. The molecule has 0 aliphatic rings. The van der Waals surface area contributed by atoms with Crippen molar-refractivity contribution in [3.8, 4) is 0 Å². The molecule has 108 valence electrons. The van der Waals surface area contributed by atoms with Crippen LogP contribution in [0.2, 0.25) is 0 Å². The summed E-state index contributed by atoms with van der Waals surface area (Å²) in [6.07, 6.45) is 0. The highest BCUT2D eigenvalue weighted by atomic mass is 19.1. The molecule has 0 aliphatic carbocycles. The molecule has 21 heavy (non-hydrogen) atoms. The molecule has 3 N–H and O–H groups in total. The highest BCUT2D eigenvalue weighted by Gasteiger charge is 2.08. The van der Waals surface area contributed by atoms with E-state index in [0.29, 0.717) is 16.9 Å². The molecular formula is C15H13FN2O3. The molecule has 0 spiro atoms. The number of carboxylic acids is 1. The van der Waals surface area contributed by atoms with E-state index in [0.717, 1.165) is 0 Å². The zero-order valence-corrected chi connectivity index (χ0v) is 11.2. The number of urea groups is 1. The Morgan fingerprint density at radius 3 is 2.57 bits per heavy atom. The van der Waals surface area contributed by atoms with Crippen molar-refractivity contribution in [1.82, 2.24) is 0 Å². The maximum atomic E-state index is 13.1. The predicted molar refractivity (Wildman–Crippen MR) is 77.2 cm³/mol. The molecule has 0 bridgehead atoms. The second-order valence-corrected chi connectivity index (χ2v) is 4.42. The number of hydrogen-bond acceptors (Lipinski definition) is 2. The molecular weight excluding hydrogens is 275 g/mol. The number of carbonyl (C=O) groups excluding carboxylic acids is 1. The van der Waals surface area contributed by atoms with Crippen molar-refractivity contribution in [1.29, 1.82) is 0 Å². The van der Waals surface area contributed by atoms with Gasteiger partial charge in [0.25, 0.3) is 0 Å². The first-order valence-electron chi connectivity index (χ1n) is 6.13. The van der Waals surface area contributed by atoms with Crippen LogP contribution in [0.15, 0.2) is 42.5 Å². The van der Waals surface area contributed by atoms with Crippen LogP contribution in [0.3, 0.4) is 0 Å². The Balaban J connectivity index is 2.10. The summed E-state index contributed by atoms with van der Waals surface area (Å²) in [7, 11) is 0. The lowest BCUT2D eigenvalue weighted by Gasteiger charge is -2.10. The molecule has 0 saturated carbocycles. The summed E-state index contributed by atoms with van der Waals surface area (Å²) in [6, 6.07) is 9.32. The summed E-state index contributed by atoms with van der Waals surface area (Å²) >= 11 is 0. The van der Waals surface area contributed by atoms with Crippen LogP contribution in [0.1, 0.15) is 15.9 Å². The number of carbonyl (C=O) groups is 2. The Labute approximate surface area is 120 Å². The molecule has 0 radical (unpaired) electrons. The summed E-state index contributed by atoms with van der Waals surface area (Å²) in [6.45, 7) is 1.74. The number of aryl methyl sites for hydroxylation is 1. The smallest absolute Gasteiger partial charge is 0.335 e. The molecule has 0 fully saturated rings. The fraction of sp³-hybridized carbons (Fsp3) is 0.0667. The normalized spacial score (nSPS) is 10.0. The lowest BCUT2D eigenvalue weighted by atomic mass is 10.2. The summed E-state index contributed by atoms with van der Waals surface area (Å²) in [4.78, 5) is 22.7. The van der Waals surface area contributed by atoms with Crippen LogP contribution in [-0.4, -0.2) is 17.1 Å². The molecule has 5 nitrogen and oxygen atoms in total. The number of amides is 2. The average Bonchev–Trinajstić information content (AvgIpc) is 2.43. The maximum Gasteiger partial charge on any atom is 0.335 e. The Hall–Kier alpha value is -2.89. The maximum absolute atomic E-state index is 13.1. The van der Waals surface area contributed by atoms with Crippen LogP contribution in [-0.2, 0) is 0 Å². The van der Waals surface area contributed by atoms with Crippen molar-refractivity contribution in [2.45, 2.75) is 6.92 Å². The van der Waals surface area contributed by atoms with Gasteiger partial charge in [0.1, 0.15) is 5.82 Å². The number of aromatic carboxylic acids is 1. The minimum absolute atomic E-state index is 0.0646. The second-order valence-electron chi connectivity index (χ2n) is 4.42. The fourth-order valence-corrected chi connectivity index (χ4v) is 1.74. The summed E-state index contributed by atoms with van der Waals surface area (Å²) in [5.74, 6) is -1.54. The van der Waals surface area contributed by atoms with Crippen molar-refractivity contribution in [2.75, 3.05) is 10.6 Å². The summed E-state index contributed by atoms with van der Waals surface area (Å²) in [5.41, 5.74) is 1.46. The fourth-order valence-electron chi connectivity index (χ4n) is 1.74. The molecule has 2 rings (SSSR count). The second kappa shape index (κ2) is 6.04. The topological polar surface area (TPSA) is 78.4 Å². The van der Waals surface area contributed by atoms with Crippen molar-refractivity contribution < 1.29 is 19.1 Å². The first kappa shape index (κ1) is 14.5. The van der Waals surface area contributed by atoms with E-state index in [9.17, 15) is 14.0 Å². The Morgan fingerprint density at radius 1 is 1.10 bits per heavy atom. The Morgan fingerprint density at radius 2 is 1.86 bits per heavy atom. The highest BCUT2D eigenvalue weighted by Crippen LogP contribution is 2.17. The molecule has 2 aromatic carbocycles. The van der Waals surface area contributed by atoms with Gasteiger partial charge in [-0.15, -0.1) is 0 Å². The molecule has 2 aromatic rings. The van der Waals surface area contributed by atoms with E-state index in [1.165, 1.54) is 30.3 Å². The van der Waals surface area contributed by atoms with Gasteiger partial charge in [-0.2, -0.15) is 0 Å². The van der Waals surface area contributed by atoms with Gasteiger partial charge in [0.05, 0.1) is 5.56 Å². The van der Waals surface area contributed by atoms with E-state index >= 15 is 0 Å². The first-order valence-corrected chi connectivity index (χ1v) is 6.13. The van der Waals surface area contributed by atoms with Crippen molar-refractivity contribution >= 4 is 23.4 Å². The molecule has 0 saturated heterocycles. The number of rotatable bonds is 3. The third-order valence-electron chi connectivity index (χ3n) is 2.82. The van der Waals surface area contributed by atoms with Crippen molar-refractivity contribution in [3.05, 3.63) is 59.4 Å². The van der Waals surface area contributed by atoms with Crippen LogP contribution in [0, 0.1) is 12.7 Å². The van der Waals surface area contributed by atoms with E-state index < -0.39 is 17.8 Å². The largest absolute Gasteiger partial charge is 0.478 e. The third-order valence-corrected chi connectivity index (χ3v) is 2.82. The monoisotopic (exact) mass is 288 g/mol. The lowest BCUT2D eigenvalue weighted by Crippen LogP contribution is -2.20. The van der Waals surface area contributed by atoms with Gasteiger partial charge in [0, 0.05) is 11.4 Å². The van der Waals surface area contributed by atoms with Gasteiger partial charge in [-0.05, 0) is 42.8 Å². The highest BCUT2D eigenvalue weighted by molar-refractivity contribution is 6.01. The number of halogens is 1. The van der Waals surface area contributed by atoms with Crippen LogP contribution in [0.25, 0.3) is 0 Å². The van der Waals surface area contributed by atoms with Gasteiger partial charge >= 0.3 is 12.0 Å². The van der Waals surface area contributed by atoms with Gasteiger partial charge in [-0.25, -0.2) is 14.0 Å². The van der Waals surface area contributed by atoms with Crippen molar-refractivity contribution in [2.24, 2.45) is 0 Å². The Bertz CT molecular complexity index is 701. The van der Waals surface area contributed by atoms with Gasteiger partial charge in [0.2, 0.25) is 0 Å². The number of nitrogens with one attached hydrogen (secondary N) is 2. The number of carboxylic acid groups (broad SMARTS) is 1. The SMILES string of the molecule is Cc1ccc(F)cc1NC(=O)Nc1cccc(C(=O)O)c1. The quantitative estimate of drug-likeness (QED) is 0.809. The third kappa shape index (κ3) is 3.79. The molecule has 0 atom stereocenters. The minimum atomic E-state index is -1.08. The van der Waals surface area contributed by atoms with Crippen molar-refractivity contribution in [3.63, 3.8) is 0 Å². The predicted octanol–water partition coefficient (Wildman–Crippen LogP) is 3.48. The summed E-state index contributed by atoms with van der Waals surface area (Å²) in [5, 5.41) is 13.9. The van der Waals surface area contributed by atoms with E-state index in [1.54, 1.807) is 19.1 Å². The number of anilines is 2. The molecule has 0 heterocycles. The molecule has 0 aromatic heterocycles. The number of hydrogen-bond donors (Lipinski definition) is 3. The van der Waals surface area contributed by atoms with Crippen LogP contribution in [0.4, 0.5) is 20.6 Å². The molecule has 0 unspecified atom stereocenters. The number of benzene rings is 2. The molecule has 2 amide bonds.